The Balaban J connectivity index is 2.02. The summed E-state index contributed by atoms with van der Waals surface area (Å²) in [5.74, 6) is 1.05. The SMILES string of the molecule is C[Si](C)(C)OCCOC1=CC=CC1. The molecule has 1 rings (SSSR count). The van der Waals surface area contributed by atoms with E-state index in [4.69, 9.17) is 9.16 Å². The maximum Gasteiger partial charge on any atom is 0.183 e. The van der Waals surface area contributed by atoms with Gasteiger partial charge < -0.3 is 9.16 Å². The van der Waals surface area contributed by atoms with Crippen molar-refractivity contribution in [3.05, 3.63) is 24.0 Å². The zero-order valence-electron chi connectivity index (χ0n) is 8.67. The minimum Gasteiger partial charge on any atom is -0.495 e. The molecule has 0 atom stereocenters. The van der Waals surface area contributed by atoms with Crippen molar-refractivity contribution in [2.45, 2.75) is 26.1 Å². The van der Waals surface area contributed by atoms with Crippen LogP contribution in [0.4, 0.5) is 0 Å². The third-order valence-corrected chi connectivity index (χ3v) is 2.71. The van der Waals surface area contributed by atoms with Gasteiger partial charge in [-0.2, -0.15) is 0 Å². The van der Waals surface area contributed by atoms with Gasteiger partial charge in [-0.15, -0.1) is 0 Å². The molecule has 0 saturated heterocycles. The number of ether oxygens (including phenoxy) is 1. The van der Waals surface area contributed by atoms with Crippen molar-refractivity contribution in [2.24, 2.45) is 0 Å². The Morgan fingerprint density at radius 3 is 2.62 bits per heavy atom. The van der Waals surface area contributed by atoms with Crippen LogP contribution in [0.5, 0.6) is 0 Å². The highest BCUT2D eigenvalue weighted by molar-refractivity contribution is 6.69. The van der Waals surface area contributed by atoms with E-state index in [0.29, 0.717) is 13.2 Å². The van der Waals surface area contributed by atoms with Crippen LogP contribution in [0.25, 0.3) is 0 Å². The standard InChI is InChI=1S/C10H18O2Si/c1-13(2,3)12-9-8-11-10-6-4-5-7-10/h4-6H,7-9H2,1-3H3. The molecule has 1 aliphatic rings. The molecule has 0 unspecified atom stereocenters. The molecule has 1 aliphatic carbocycles. The summed E-state index contributed by atoms with van der Waals surface area (Å²) in [5, 5.41) is 0. The average molecular weight is 198 g/mol. The van der Waals surface area contributed by atoms with Crippen molar-refractivity contribution in [3.63, 3.8) is 0 Å². The van der Waals surface area contributed by atoms with E-state index in [1.54, 1.807) is 0 Å². The molecular weight excluding hydrogens is 180 g/mol. The van der Waals surface area contributed by atoms with Gasteiger partial charge >= 0.3 is 0 Å². The lowest BCUT2D eigenvalue weighted by atomic mass is 10.4. The fourth-order valence-corrected chi connectivity index (χ4v) is 1.75. The quantitative estimate of drug-likeness (QED) is 0.499. The van der Waals surface area contributed by atoms with Crippen molar-refractivity contribution in [1.82, 2.24) is 0 Å². The van der Waals surface area contributed by atoms with E-state index >= 15 is 0 Å². The second-order valence-electron chi connectivity index (χ2n) is 4.07. The average Bonchev–Trinajstić information content (AvgIpc) is 2.48. The lowest BCUT2D eigenvalue weighted by molar-refractivity contribution is 0.151. The van der Waals surface area contributed by atoms with Gasteiger partial charge in [0.25, 0.3) is 0 Å². The molecule has 13 heavy (non-hydrogen) atoms. The van der Waals surface area contributed by atoms with Crippen molar-refractivity contribution >= 4 is 8.32 Å². The minimum atomic E-state index is -1.35. The van der Waals surface area contributed by atoms with Crippen molar-refractivity contribution in [3.8, 4) is 0 Å². The summed E-state index contributed by atoms with van der Waals surface area (Å²) in [5.41, 5.74) is 0. The largest absolute Gasteiger partial charge is 0.495 e. The number of allylic oxidation sites excluding steroid dienone is 3. The van der Waals surface area contributed by atoms with E-state index in [2.05, 4.69) is 25.7 Å². The topological polar surface area (TPSA) is 18.5 Å². The third kappa shape index (κ3) is 4.90. The van der Waals surface area contributed by atoms with E-state index in [1.807, 2.05) is 12.2 Å². The van der Waals surface area contributed by atoms with Crippen LogP contribution in [0, 0.1) is 0 Å². The Kier molecular flexibility index (Phi) is 3.75. The molecule has 74 valence electrons. The Hall–Kier alpha value is -0.543. The second-order valence-corrected chi connectivity index (χ2v) is 8.59. The molecule has 0 aromatic rings. The highest BCUT2D eigenvalue weighted by Crippen LogP contribution is 2.11. The molecule has 0 bridgehead atoms. The number of rotatable bonds is 5. The molecule has 0 heterocycles. The van der Waals surface area contributed by atoms with Gasteiger partial charge in [0, 0.05) is 6.42 Å². The molecule has 0 amide bonds. The van der Waals surface area contributed by atoms with Gasteiger partial charge in [-0.3, -0.25) is 0 Å². The summed E-state index contributed by atoms with van der Waals surface area (Å²) in [6.45, 7) is 7.95. The molecule has 0 aromatic carbocycles. The summed E-state index contributed by atoms with van der Waals surface area (Å²) in [4.78, 5) is 0. The minimum absolute atomic E-state index is 0.678. The van der Waals surface area contributed by atoms with Crippen LogP contribution < -0.4 is 0 Å². The molecule has 0 saturated carbocycles. The van der Waals surface area contributed by atoms with Crippen LogP contribution in [0.3, 0.4) is 0 Å². The second kappa shape index (κ2) is 4.63. The smallest absolute Gasteiger partial charge is 0.183 e. The predicted octanol–water partition coefficient (Wildman–Crippen LogP) is 2.70. The molecule has 3 heteroatoms. The molecule has 0 N–H and O–H groups in total. The lowest BCUT2D eigenvalue weighted by Crippen LogP contribution is -2.27. The molecule has 0 fully saturated rings. The number of hydrogen-bond donors (Lipinski definition) is 0. The molecule has 0 aromatic heterocycles. The van der Waals surface area contributed by atoms with Crippen LogP contribution in [-0.2, 0) is 9.16 Å². The van der Waals surface area contributed by atoms with E-state index in [-0.39, 0.29) is 0 Å². The highest BCUT2D eigenvalue weighted by atomic mass is 28.4. The van der Waals surface area contributed by atoms with Crippen molar-refractivity contribution in [2.75, 3.05) is 13.2 Å². The summed E-state index contributed by atoms with van der Waals surface area (Å²) >= 11 is 0. The Morgan fingerprint density at radius 2 is 2.08 bits per heavy atom. The van der Waals surface area contributed by atoms with Crippen molar-refractivity contribution < 1.29 is 9.16 Å². The van der Waals surface area contributed by atoms with Crippen LogP contribution >= 0.6 is 0 Å². The van der Waals surface area contributed by atoms with Crippen LogP contribution in [-0.4, -0.2) is 21.5 Å². The maximum atomic E-state index is 5.66. The molecule has 0 spiro atoms. The Morgan fingerprint density at radius 1 is 1.31 bits per heavy atom. The molecular formula is C10H18O2Si. The van der Waals surface area contributed by atoms with Gasteiger partial charge in [-0.25, -0.2) is 0 Å². The van der Waals surface area contributed by atoms with Crippen LogP contribution in [0.15, 0.2) is 24.0 Å². The van der Waals surface area contributed by atoms with Gasteiger partial charge in [0.05, 0.1) is 12.4 Å². The van der Waals surface area contributed by atoms with E-state index in [1.165, 1.54) is 0 Å². The molecule has 0 aliphatic heterocycles. The van der Waals surface area contributed by atoms with Gasteiger partial charge in [0.1, 0.15) is 6.61 Å². The van der Waals surface area contributed by atoms with Gasteiger partial charge in [-0.05, 0) is 25.7 Å². The fraction of sp³-hybridized carbons (Fsp3) is 0.600. The predicted molar refractivity (Wildman–Crippen MR) is 57.1 cm³/mol. The number of hydrogen-bond acceptors (Lipinski definition) is 2. The van der Waals surface area contributed by atoms with Gasteiger partial charge in [0.15, 0.2) is 8.32 Å². The first-order valence-corrected chi connectivity index (χ1v) is 8.11. The van der Waals surface area contributed by atoms with Crippen LogP contribution in [0.2, 0.25) is 19.6 Å². The van der Waals surface area contributed by atoms with E-state index < -0.39 is 8.32 Å². The summed E-state index contributed by atoms with van der Waals surface area (Å²) < 4.78 is 11.1. The van der Waals surface area contributed by atoms with E-state index in [0.717, 1.165) is 12.2 Å². The molecule has 0 radical (unpaired) electrons. The van der Waals surface area contributed by atoms with Gasteiger partial charge in [-0.1, -0.05) is 12.2 Å². The highest BCUT2D eigenvalue weighted by Gasteiger charge is 2.13. The van der Waals surface area contributed by atoms with Crippen molar-refractivity contribution in [1.29, 1.82) is 0 Å². The maximum absolute atomic E-state index is 5.66. The first-order valence-electron chi connectivity index (χ1n) is 4.70. The monoisotopic (exact) mass is 198 g/mol. The first kappa shape index (κ1) is 10.5. The first-order chi connectivity index (χ1) is 6.08. The Bertz CT molecular complexity index is 213. The third-order valence-electron chi connectivity index (χ3n) is 1.64. The molecule has 2 nitrogen and oxygen atoms in total. The van der Waals surface area contributed by atoms with Crippen LogP contribution in [0.1, 0.15) is 6.42 Å². The zero-order chi connectivity index (χ0) is 9.73. The summed E-state index contributed by atoms with van der Waals surface area (Å²) in [6.07, 6.45) is 7.06. The summed E-state index contributed by atoms with van der Waals surface area (Å²) in [6, 6.07) is 0. The zero-order valence-corrected chi connectivity index (χ0v) is 9.67. The summed E-state index contributed by atoms with van der Waals surface area (Å²) in [7, 11) is -1.35. The Labute approximate surface area is 81.4 Å². The van der Waals surface area contributed by atoms with Gasteiger partial charge in [0.2, 0.25) is 0 Å². The fourth-order valence-electron chi connectivity index (χ4n) is 1.06. The normalized spacial score (nSPS) is 16.1. The lowest BCUT2D eigenvalue weighted by Gasteiger charge is -2.17. The van der Waals surface area contributed by atoms with E-state index in [9.17, 15) is 0 Å².